The average Bonchev–Trinajstić information content (AvgIpc) is 2.76. The smallest absolute Gasteiger partial charge is 0.310 e. The summed E-state index contributed by atoms with van der Waals surface area (Å²) in [5, 5.41) is 15.2. The minimum absolute atomic E-state index is 0.0178. The van der Waals surface area contributed by atoms with E-state index >= 15 is 0 Å². The number of para-hydroxylation sites is 1. The van der Waals surface area contributed by atoms with Crippen molar-refractivity contribution in [1.29, 1.82) is 0 Å². The molecule has 1 aromatic carbocycles. The minimum Gasteiger partial charge on any atom is -0.377 e. The van der Waals surface area contributed by atoms with Gasteiger partial charge in [0.25, 0.3) is 0 Å². The first-order valence-electron chi connectivity index (χ1n) is 6.42. The fraction of sp³-hybridized carbons (Fsp3) is 0.538. The summed E-state index contributed by atoms with van der Waals surface area (Å²) in [5.41, 5.74) is 0.514. The third-order valence-electron chi connectivity index (χ3n) is 3.32. The van der Waals surface area contributed by atoms with Crippen molar-refractivity contribution in [3.05, 3.63) is 33.3 Å². The lowest BCUT2D eigenvalue weighted by Crippen LogP contribution is -2.17. The highest BCUT2D eigenvalue weighted by atomic mass is 35.5. The lowest BCUT2D eigenvalue weighted by Gasteiger charge is -2.15. The van der Waals surface area contributed by atoms with Crippen LogP contribution < -0.4 is 5.32 Å². The molecule has 1 aliphatic rings. The van der Waals surface area contributed by atoms with Crippen LogP contribution in [-0.4, -0.2) is 22.0 Å². The maximum atomic E-state index is 11.1. The molecule has 0 spiro atoms. The minimum atomic E-state index is -0.419. The summed E-state index contributed by atoms with van der Waals surface area (Å²) in [7, 11) is 0. The Labute approximate surface area is 122 Å². The molecule has 1 fully saturated rings. The van der Waals surface area contributed by atoms with Gasteiger partial charge in [0.05, 0.1) is 4.92 Å². The van der Waals surface area contributed by atoms with Crippen molar-refractivity contribution in [2.45, 2.75) is 37.5 Å². The molecule has 1 aromatic rings. The number of hydrogen-bond donors (Lipinski definition) is 1. The quantitative estimate of drug-likeness (QED) is 0.649. The third kappa shape index (κ3) is 3.54. The molecule has 19 heavy (non-hydrogen) atoms. The van der Waals surface area contributed by atoms with E-state index in [1.807, 2.05) is 11.8 Å². The summed E-state index contributed by atoms with van der Waals surface area (Å²) in [6, 6.07) is 5.32. The number of nitro benzene ring substituents is 1. The molecular weight excluding hydrogens is 284 g/mol. The summed E-state index contributed by atoms with van der Waals surface area (Å²) in [6.07, 6.45) is 3.29. The summed E-state index contributed by atoms with van der Waals surface area (Å²) in [4.78, 5) is 10.6. The van der Waals surface area contributed by atoms with Crippen LogP contribution in [0.1, 0.15) is 26.2 Å². The summed E-state index contributed by atoms with van der Waals surface area (Å²) < 4.78 is 0. The largest absolute Gasteiger partial charge is 0.377 e. The first kappa shape index (κ1) is 14.5. The van der Waals surface area contributed by atoms with E-state index in [-0.39, 0.29) is 10.7 Å². The maximum Gasteiger partial charge on any atom is 0.310 e. The lowest BCUT2D eigenvalue weighted by atomic mass is 10.2. The van der Waals surface area contributed by atoms with E-state index in [0.717, 1.165) is 18.6 Å². The molecular formula is C13H17ClN2O2S. The van der Waals surface area contributed by atoms with Crippen LogP contribution in [0.2, 0.25) is 5.02 Å². The number of halogens is 1. The Bertz CT molecular complexity index is 470. The zero-order valence-corrected chi connectivity index (χ0v) is 12.3. The summed E-state index contributed by atoms with van der Waals surface area (Å²) >= 11 is 7.87. The Morgan fingerprint density at radius 3 is 3.00 bits per heavy atom. The van der Waals surface area contributed by atoms with Crippen LogP contribution >= 0.6 is 23.4 Å². The number of nitro groups is 1. The van der Waals surface area contributed by atoms with Gasteiger partial charge >= 0.3 is 5.69 Å². The van der Waals surface area contributed by atoms with Crippen LogP contribution in [-0.2, 0) is 0 Å². The normalized spacial score (nSPS) is 22.4. The number of nitrogens with one attached hydrogen (secondary N) is 1. The zero-order chi connectivity index (χ0) is 13.8. The second kappa shape index (κ2) is 6.48. The number of hydrogen-bond acceptors (Lipinski definition) is 4. The highest BCUT2D eigenvalue weighted by Gasteiger charge is 2.27. The second-order valence-corrected chi connectivity index (χ2v) is 6.61. The van der Waals surface area contributed by atoms with Crippen LogP contribution in [0.3, 0.4) is 0 Å². The van der Waals surface area contributed by atoms with Gasteiger partial charge in [-0.3, -0.25) is 10.1 Å². The number of rotatable bonds is 5. The van der Waals surface area contributed by atoms with Gasteiger partial charge in [0.15, 0.2) is 0 Å². The van der Waals surface area contributed by atoms with Crippen LogP contribution in [0.25, 0.3) is 0 Å². The van der Waals surface area contributed by atoms with Gasteiger partial charge in [0, 0.05) is 11.3 Å². The van der Waals surface area contributed by atoms with Crippen molar-refractivity contribution < 1.29 is 4.92 Å². The number of anilines is 1. The topological polar surface area (TPSA) is 55.2 Å². The van der Waals surface area contributed by atoms with Gasteiger partial charge in [-0.1, -0.05) is 24.6 Å². The second-order valence-electron chi connectivity index (χ2n) is 4.62. The van der Waals surface area contributed by atoms with Gasteiger partial charge in [-0.2, -0.15) is 11.8 Å². The molecule has 0 aromatic heterocycles. The molecule has 0 saturated heterocycles. The first-order valence-corrected chi connectivity index (χ1v) is 7.85. The Morgan fingerprint density at radius 1 is 1.53 bits per heavy atom. The molecule has 0 heterocycles. The van der Waals surface area contributed by atoms with Gasteiger partial charge in [0.2, 0.25) is 0 Å². The molecule has 2 rings (SSSR count). The Morgan fingerprint density at radius 2 is 2.32 bits per heavy atom. The molecule has 104 valence electrons. The molecule has 1 N–H and O–H groups in total. The molecule has 0 amide bonds. The van der Waals surface area contributed by atoms with Crippen LogP contribution in [0, 0.1) is 10.1 Å². The number of thioether (sulfide) groups is 1. The molecule has 6 heteroatoms. The molecule has 0 bridgehead atoms. The van der Waals surface area contributed by atoms with E-state index in [4.69, 9.17) is 11.6 Å². The molecule has 4 nitrogen and oxygen atoms in total. The zero-order valence-electron chi connectivity index (χ0n) is 10.8. The highest BCUT2D eigenvalue weighted by molar-refractivity contribution is 7.99. The van der Waals surface area contributed by atoms with E-state index in [0.29, 0.717) is 17.0 Å². The SMILES string of the molecule is CCSC1CCC(Nc2cccc(Cl)c2[N+](=O)[O-])C1. The van der Waals surface area contributed by atoms with E-state index < -0.39 is 4.92 Å². The van der Waals surface area contributed by atoms with Crippen LogP contribution in [0.4, 0.5) is 11.4 Å². The van der Waals surface area contributed by atoms with Gasteiger partial charge in [-0.25, -0.2) is 0 Å². The van der Waals surface area contributed by atoms with Crippen molar-refractivity contribution in [3.63, 3.8) is 0 Å². The predicted molar refractivity (Wildman–Crippen MR) is 81.3 cm³/mol. The van der Waals surface area contributed by atoms with Crippen molar-refractivity contribution in [2.24, 2.45) is 0 Å². The Kier molecular flexibility index (Phi) is 4.93. The van der Waals surface area contributed by atoms with Crippen LogP contribution in [0.5, 0.6) is 0 Å². The highest BCUT2D eigenvalue weighted by Crippen LogP contribution is 2.36. The van der Waals surface area contributed by atoms with Gasteiger partial charge < -0.3 is 5.32 Å². The first-order chi connectivity index (χ1) is 9.11. The van der Waals surface area contributed by atoms with Gasteiger partial charge in [-0.05, 0) is 37.1 Å². The van der Waals surface area contributed by atoms with Crippen LogP contribution in [0.15, 0.2) is 18.2 Å². The van der Waals surface area contributed by atoms with E-state index in [9.17, 15) is 10.1 Å². The molecule has 1 aliphatic carbocycles. The molecule has 2 atom stereocenters. The fourth-order valence-electron chi connectivity index (χ4n) is 2.50. The standard InChI is InChI=1S/C13H17ClN2O2S/c1-2-19-10-7-6-9(8-10)15-12-5-3-4-11(14)13(12)16(17)18/h3-5,9-10,15H,2,6-8H2,1H3. The van der Waals surface area contributed by atoms with Crippen molar-refractivity contribution >= 4 is 34.7 Å². The lowest BCUT2D eigenvalue weighted by molar-refractivity contribution is -0.383. The third-order valence-corrected chi connectivity index (χ3v) is 4.85. The summed E-state index contributed by atoms with van der Waals surface area (Å²) in [6.45, 7) is 2.16. The van der Waals surface area contributed by atoms with E-state index in [2.05, 4.69) is 12.2 Å². The predicted octanol–water partition coefficient (Wildman–Crippen LogP) is 4.33. The average molecular weight is 301 g/mol. The molecule has 0 radical (unpaired) electrons. The van der Waals surface area contributed by atoms with Crippen molar-refractivity contribution in [1.82, 2.24) is 0 Å². The fourth-order valence-corrected chi connectivity index (χ4v) is 3.88. The molecule has 1 saturated carbocycles. The number of benzene rings is 1. The van der Waals surface area contributed by atoms with E-state index in [1.165, 1.54) is 6.42 Å². The summed E-state index contributed by atoms with van der Waals surface area (Å²) in [5.74, 6) is 1.12. The molecule has 2 unspecified atom stereocenters. The number of nitrogens with zero attached hydrogens (tertiary/aromatic N) is 1. The molecule has 0 aliphatic heterocycles. The van der Waals surface area contributed by atoms with Crippen molar-refractivity contribution in [3.8, 4) is 0 Å². The van der Waals surface area contributed by atoms with Crippen molar-refractivity contribution in [2.75, 3.05) is 11.1 Å². The Balaban J connectivity index is 2.08. The Hall–Kier alpha value is -0.940. The van der Waals surface area contributed by atoms with E-state index in [1.54, 1.807) is 18.2 Å². The monoisotopic (exact) mass is 300 g/mol. The van der Waals surface area contributed by atoms with Gasteiger partial charge in [0.1, 0.15) is 10.7 Å². The maximum absolute atomic E-state index is 11.1. The van der Waals surface area contributed by atoms with Gasteiger partial charge in [-0.15, -0.1) is 0 Å².